The van der Waals surface area contributed by atoms with Gasteiger partial charge in [0.15, 0.2) is 5.82 Å². The summed E-state index contributed by atoms with van der Waals surface area (Å²) in [4.78, 5) is 6.44. The second-order valence-electron chi connectivity index (χ2n) is 4.63. The van der Waals surface area contributed by atoms with E-state index in [2.05, 4.69) is 28.9 Å². The molecule has 1 fully saturated rings. The Morgan fingerprint density at radius 1 is 1.50 bits per heavy atom. The fraction of sp³-hybridized carbons (Fsp3) is 0.800. The minimum absolute atomic E-state index is 0.0985. The molecule has 0 unspecified atom stereocenters. The van der Waals surface area contributed by atoms with Gasteiger partial charge in [0.2, 0.25) is 5.89 Å². The van der Waals surface area contributed by atoms with Crippen molar-refractivity contribution in [3.63, 3.8) is 0 Å². The molecular weight excluding hydrogens is 208 g/mol. The largest absolute Gasteiger partial charge is 0.373 e. The molecule has 16 heavy (non-hydrogen) atoms. The van der Waals surface area contributed by atoms with Crippen LogP contribution in [0.2, 0.25) is 0 Å². The average molecular weight is 226 g/mol. The van der Waals surface area contributed by atoms with E-state index in [0.29, 0.717) is 24.8 Å². The van der Waals surface area contributed by atoms with E-state index < -0.39 is 0 Å². The highest BCUT2D eigenvalue weighted by atomic mass is 16.5. The summed E-state index contributed by atoms with van der Waals surface area (Å²) in [7, 11) is 0. The van der Waals surface area contributed by atoms with Crippen LogP contribution in [0.25, 0.3) is 0 Å². The number of hydrogen-bond acceptors (Lipinski definition) is 6. The van der Waals surface area contributed by atoms with E-state index in [9.17, 15) is 0 Å². The van der Waals surface area contributed by atoms with E-state index in [1.807, 2.05) is 0 Å². The van der Waals surface area contributed by atoms with Crippen molar-refractivity contribution in [3.8, 4) is 0 Å². The maximum Gasteiger partial charge on any atom is 0.240 e. The van der Waals surface area contributed by atoms with Crippen LogP contribution in [0.4, 0.5) is 0 Å². The lowest BCUT2D eigenvalue weighted by Crippen LogP contribution is -2.47. The Balaban J connectivity index is 1.94. The number of rotatable bonds is 3. The second kappa shape index (κ2) is 4.48. The highest BCUT2D eigenvalue weighted by Gasteiger charge is 2.27. The Bertz CT molecular complexity index is 350. The summed E-state index contributed by atoms with van der Waals surface area (Å²) in [5.41, 5.74) is 5.31. The molecule has 1 saturated heterocycles. The van der Waals surface area contributed by atoms with E-state index in [0.717, 1.165) is 19.7 Å². The van der Waals surface area contributed by atoms with Gasteiger partial charge in [-0.15, -0.1) is 0 Å². The molecule has 1 aromatic rings. The third kappa shape index (κ3) is 2.78. The molecule has 0 atom stereocenters. The molecule has 0 amide bonds. The second-order valence-corrected chi connectivity index (χ2v) is 4.63. The van der Waals surface area contributed by atoms with Crippen LogP contribution in [-0.2, 0) is 17.8 Å². The Kier molecular flexibility index (Phi) is 3.22. The van der Waals surface area contributed by atoms with Crippen molar-refractivity contribution in [2.45, 2.75) is 32.5 Å². The summed E-state index contributed by atoms with van der Waals surface area (Å²) in [6.45, 7) is 7.67. The van der Waals surface area contributed by atoms with Gasteiger partial charge in [0.25, 0.3) is 0 Å². The quantitative estimate of drug-likeness (QED) is 0.790. The van der Waals surface area contributed by atoms with Crippen LogP contribution in [-0.4, -0.2) is 40.3 Å². The lowest BCUT2D eigenvalue weighted by atomic mass is 10.1. The molecule has 1 aliphatic heterocycles. The highest BCUT2D eigenvalue weighted by Crippen LogP contribution is 2.17. The number of nitrogens with zero attached hydrogens (tertiary/aromatic N) is 3. The first-order valence-corrected chi connectivity index (χ1v) is 5.47. The van der Waals surface area contributed by atoms with E-state index in [1.54, 1.807) is 0 Å². The monoisotopic (exact) mass is 226 g/mol. The standard InChI is InChI=1S/C10H18N4O2/c1-10(2)7-14(3-4-15-10)6-8-12-9(5-11)16-13-8/h3-7,11H2,1-2H3. The Labute approximate surface area is 94.7 Å². The minimum Gasteiger partial charge on any atom is -0.373 e. The van der Waals surface area contributed by atoms with Gasteiger partial charge in [0.1, 0.15) is 0 Å². The van der Waals surface area contributed by atoms with Crippen molar-refractivity contribution in [2.24, 2.45) is 5.73 Å². The van der Waals surface area contributed by atoms with Gasteiger partial charge in [-0.25, -0.2) is 0 Å². The zero-order valence-electron chi connectivity index (χ0n) is 9.77. The number of hydrogen-bond donors (Lipinski definition) is 1. The van der Waals surface area contributed by atoms with Crippen LogP contribution in [0.3, 0.4) is 0 Å². The van der Waals surface area contributed by atoms with Gasteiger partial charge in [-0.3, -0.25) is 4.90 Å². The molecule has 2 N–H and O–H groups in total. The normalized spacial score (nSPS) is 21.2. The molecule has 0 saturated carbocycles. The van der Waals surface area contributed by atoms with Crippen molar-refractivity contribution >= 4 is 0 Å². The number of morpholine rings is 1. The first-order valence-electron chi connectivity index (χ1n) is 5.47. The lowest BCUT2D eigenvalue weighted by Gasteiger charge is -2.37. The highest BCUT2D eigenvalue weighted by molar-refractivity contribution is 4.88. The Hall–Kier alpha value is -0.980. The average Bonchev–Trinajstić information content (AvgIpc) is 2.64. The molecule has 0 bridgehead atoms. The van der Waals surface area contributed by atoms with Crippen LogP contribution in [0.1, 0.15) is 25.6 Å². The predicted octanol–water partition coefficient (Wildman–Crippen LogP) is 0.139. The van der Waals surface area contributed by atoms with Crippen LogP contribution in [0, 0.1) is 0 Å². The fourth-order valence-corrected chi connectivity index (χ4v) is 1.89. The molecule has 0 spiro atoms. The SMILES string of the molecule is CC1(C)CN(Cc2noc(CN)n2)CCO1. The molecule has 1 aromatic heterocycles. The smallest absolute Gasteiger partial charge is 0.240 e. The molecule has 0 aromatic carbocycles. The summed E-state index contributed by atoms with van der Waals surface area (Å²) in [5, 5.41) is 3.88. The molecule has 2 rings (SSSR count). The zero-order valence-corrected chi connectivity index (χ0v) is 9.77. The van der Waals surface area contributed by atoms with E-state index in [1.165, 1.54) is 0 Å². The van der Waals surface area contributed by atoms with Gasteiger partial charge in [-0.05, 0) is 13.8 Å². The minimum atomic E-state index is -0.0985. The lowest BCUT2D eigenvalue weighted by molar-refractivity contribution is -0.0888. The molecule has 0 radical (unpaired) electrons. The number of ether oxygens (including phenoxy) is 1. The summed E-state index contributed by atoms with van der Waals surface area (Å²) >= 11 is 0. The number of aromatic nitrogens is 2. The van der Waals surface area contributed by atoms with Crippen LogP contribution in [0.5, 0.6) is 0 Å². The molecule has 1 aliphatic rings. The maximum absolute atomic E-state index is 5.63. The van der Waals surface area contributed by atoms with Crippen LogP contribution >= 0.6 is 0 Å². The van der Waals surface area contributed by atoms with E-state index in [4.69, 9.17) is 15.0 Å². The first-order chi connectivity index (χ1) is 7.59. The van der Waals surface area contributed by atoms with E-state index >= 15 is 0 Å². The van der Waals surface area contributed by atoms with Crippen molar-refractivity contribution in [1.29, 1.82) is 0 Å². The van der Waals surface area contributed by atoms with Crippen molar-refractivity contribution in [2.75, 3.05) is 19.7 Å². The van der Waals surface area contributed by atoms with Gasteiger partial charge < -0.3 is 15.0 Å². The molecule has 0 aliphatic carbocycles. The Morgan fingerprint density at radius 2 is 2.31 bits per heavy atom. The predicted molar refractivity (Wildman–Crippen MR) is 57.5 cm³/mol. The van der Waals surface area contributed by atoms with Crippen molar-refractivity contribution in [3.05, 3.63) is 11.7 Å². The molecule has 90 valence electrons. The summed E-state index contributed by atoms with van der Waals surface area (Å²) in [5.74, 6) is 1.18. The molecule has 6 heteroatoms. The van der Waals surface area contributed by atoms with Gasteiger partial charge in [0.05, 0.1) is 25.3 Å². The summed E-state index contributed by atoms with van der Waals surface area (Å²) in [6, 6.07) is 0. The molecular formula is C10H18N4O2. The number of nitrogens with two attached hydrogens (primary N) is 1. The summed E-state index contributed by atoms with van der Waals surface area (Å²) in [6.07, 6.45) is 0. The van der Waals surface area contributed by atoms with E-state index in [-0.39, 0.29) is 5.60 Å². The van der Waals surface area contributed by atoms with Gasteiger partial charge in [0, 0.05) is 13.1 Å². The van der Waals surface area contributed by atoms with Gasteiger partial charge >= 0.3 is 0 Å². The van der Waals surface area contributed by atoms with Crippen LogP contribution < -0.4 is 5.73 Å². The third-order valence-electron chi connectivity index (χ3n) is 2.55. The van der Waals surface area contributed by atoms with Gasteiger partial charge in [-0.1, -0.05) is 5.16 Å². The van der Waals surface area contributed by atoms with Crippen LogP contribution in [0.15, 0.2) is 4.52 Å². The fourth-order valence-electron chi connectivity index (χ4n) is 1.89. The third-order valence-corrected chi connectivity index (χ3v) is 2.55. The topological polar surface area (TPSA) is 77.4 Å². The molecule has 2 heterocycles. The first kappa shape index (κ1) is 11.5. The summed E-state index contributed by atoms with van der Waals surface area (Å²) < 4.78 is 10.6. The van der Waals surface area contributed by atoms with Gasteiger partial charge in [-0.2, -0.15) is 4.98 Å². The maximum atomic E-state index is 5.63. The zero-order chi connectivity index (χ0) is 11.6. The Morgan fingerprint density at radius 3 is 2.94 bits per heavy atom. The van der Waals surface area contributed by atoms with Crippen molar-refractivity contribution in [1.82, 2.24) is 15.0 Å². The van der Waals surface area contributed by atoms with Crippen molar-refractivity contribution < 1.29 is 9.26 Å². The molecule has 6 nitrogen and oxygen atoms in total.